The summed E-state index contributed by atoms with van der Waals surface area (Å²) in [6, 6.07) is 0. The summed E-state index contributed by atoms with van der Waals surface area (Å²) in [4.78, 5) is 24.0. The van der Waals surface area contributed by atoms with Gasteiger partial charge >= 0.3 is 0 Å². The van der Waals surface area contributed by atoms with Crippen molar-refractivity contribution in [2.45, 2.75) is 181 Å². The maximum absolute atomic E-state index is 12.0. The first-order valence-corrected chi connectivity index (χ1v) is 16.5. The van der Waals surface area contributed by atoms with Gasteiger partial charge in [-0.05, 0) is 99.7 Å². The molecule has 0 radical (unpaired) electrons. The van der Waals surface area contributed by atoms with E-state index >= 15 is 0 Å². The molecule has 4 saturated carbocycles. The molecule has 4 rings (SSSR count). The van der Waals surface area contributed by atoms with Gasteiger partial charge in [0.2, 0.25) is 0 Å². The third-order valence-electron chi connectivity index (χ3n) is 10.2. The zero-order chi connectivity index (χ0) is 25.7. The fraction of sp³-hybridized carbons (Fsp3) is 0.941. The molecule has 0 unspecified atom stereocenters. The highest BCUT2D eigenvalue weighted by Crippen LogP contribution is 2.68. The van der Waals surface area contributed by atoms with E-state index in [1.54, 1.807) is 0 Å². The highest BCUT2D eigenvalue weighted by atomic mass is 16.1. The van der Waals surface area contributed by atoms with Crippen molar-refractivity contribution in [2.24, 2.45) is 22.7 Å². The molecule has 0 saturated heterocycles. The van der Waals surface area contributed by atoms with Gasteiger partial charge in [-0.2, -0.15) is 0 Å². The number of Topliss-reactive ketones (excluding diaryl/α,β-unsaturated/α-hetero) is 2. The standard InChI is InChI=1S/C34H60O2/c1-3-5-11-17-31(35)19-13-7-9-15-21-33-24-29-23-30(25-33)27-34(26-29,28-33)22-16-10-8-14-20-32(36)18-12-6-4-2/h29-30H,3-28H2,1-2H3. The molecular weight excluding hydrogens is 440 g/mol. The number of hydrogen-bond acceptors (Lipinski definition) is 2. The molecular formula is C34H60O2. The molecule has 0 amide bonds. The van der Waals surface area contributed by atoms with Gasteiger partial charge in [-0.15, -0.1) is 0 Å². The largest absolute Gasteiger partial charge is 0.300 e. The molecule has 0 aromatic rings. The van der Waals surface area contributed by atoms with Crippen LogP contribution in [0.1, 0.15) is 181 Å². The lowest BCUT2D eigenvalue weighted by Crippen LogP contribution is -2.51. The van der Waals surface area contributed by atoms with E-state index in [9.17, 15) is 9.59 Å². The number of ketones is 2. The number of unbranched alkanes of at least 4 members (excludes halogenated alkanes) is 10. The third kappa shape index (κ3) is 9.90. The summed E-state index contributed by atoms with van der Waals surface area (Å²) in [7, 11) is 0. The molecule has 0 aromatic heterocycles. The van der Waals surface area contributed by atoms with Crippen LogP contribution in [0, 0.1) is 22.7 Å². The molecule has 0 atom stereocenters. The van der Waals surface area contributed by atoms with Gasteiger partial charge in [0.1, 0.15) is 11.6 Å². The first-order chi connectivity index (χ1) is 17.5. The normalized spacial score (nSPS) is 28.6. The van der Waals surface area contributed by atoms with Gasteiger partial charge in [0.15, 0.2) is 0 Å². The lowest BCUT2D eigenvalue weighted by Gasteiger charge is -2.63. The van der Waals surface area contributed by atoms with Crippen LogP contribution in [-0.2, 0) is 9.59 Å². The van der Waals surface area contributed by atoms with E-state index in [-0.39, 0.29) is 0 Å². The Hall–Kier alpha value is -0.660. The Labute approximate surface area is 224 Å². The zero-order valence-corrected chi connectivity index (χ0v) is 24.4. The fourth-order valence-electron chi connectivity index (χ4n) is 8.98. The summed E-state index contributed by atoms with van der Waals surface area (Å²) in [5, 5.41) is 0. The van der Waals surface area contributed by atoms with E-state index in [0.29, 0.717) is 22.4 Å². The summed E-state index contributed by atoms with van der Waals surface area (Å²) in [5.41, 5.74) is 1.34. The Morgan fingerprint density at radius 2 is 0.889 bits per heavy atom. The smallest absolute Gasteiger partial charge is 0.132 e. The first kappa shape index (κ1) is 29.9. The molecule has 0 aromatic carbocycles. The quantitative estimate of drug-likeness (QED) is 0.138. The zero-order valence-electron chi connectivity index (χ0n) is 24.4. The predicted molar refractivity (Wildman–Crippen MR) is 153 cm³/mol. The van der Waals surface area contributed by atoms with E-state index in [0.717, 1.165) is 63.2 Å². The summed E-state index contributed by atoms with van der Waals surface area (Å²) in [6.07, 6.45) is 32.6. The summed E-state index contributed by atoms with van der Waals surface area (Å²) < 4.78 is 0. The van der Waals surface area contributed by atoms with Crippen LogP contribution in [0.4, 0.5) is 0 Å². The highest BCUT2D eigenvalue weighted by molar-refractivity contribution is 5.78. The molecule has 208 valence electrons. The van der Waals surface area contributed by atoms with Crippen molar-refractivity contribution in [3.8, 4) is 0 Å². The van der Waals surface area contributed by atoms with Crippen molar-refractivity contribution in [1.29, 1.82) is 0 Å². The summed E-state index contributed by atoms with van der Waals surface area (Å²) >= 11 is 0. The van der Waals surface area contributed by atoms with Crippen molar-refractivity contribution in [1.82, 2.24) is 0 Å². The molecule has 4 bridgehead atoms. The Morgan fingerprint density at radius 3 is 1.28 bits per heavy atom. The van der Waals surface area contributed by atoms with Crippen LogP contribution < -0.4 is 0 Å². The lowest BCUT2D eigenvalue weighted by atomic mass is 9.42. The van der Waals surface area contributed by atoms with Crippen molar-refractivity contribution in [3.05, 3.63) is 0 Å². The van der Waals surface area contributed by atoms with Gasteiger partial charge < -0.3 is 0 Å². The minimum Gasteiger partial charge on any atom is -0.300 e. The number of carbonyl (C=O) groups excluding carboxylic acids is 2. The summed E-state index contributed by atoms with van der Waals surface area (Å²) in [5.74, 6) is 3.05. The maximum atomic E-state index is 12.0. The maximum Gasteiger partial charge on any atom is 0.132 e. The van der Waals surface area contributed by atoms with Crippen molar-refractivity contribution >= 4 is 11.6 Å². The SMILES string of the molecule is CCCCCC(=O)CCCCCCC12CC3CC(C1)CC(CCCCCCC(=O)CCCCC)(C3)C2. The minimum absolute atomic E-state index is 0.505. The Balaban J connectivity index is 1.30. The predicted octanol–water partition coefficient (Wildman–Crippen LogP) is 10.6. The lowest BCUT2D eigenvalue weighted by molar-refractivity contribution is -0.120. The molecule has 0 aliphatic heterocycles. The van der Waals surface area contributed by atoms with Gasteiger partial charge in [0, 0.05) is 25.7 Å². The van der Waals surface area contributed by atoms with E-state index in [1.165, 1.54) is 116 Å². The van der Waals surface area contributed by atoms with Gasteiger partial charge in [-0.1, -0.05) is 78.1 Å². The van der Waals surface area contributed by atoms with Crippen LogP contribution in [-0.4, -0.2) is 11.6 Å². The van der Waals surface area contributed by atoms with Crippen LogP contribution in [0.2, 0.25) is 0 Å². The van der Waals surface area contributed by atoms with Crippen LogP contribution >= 0.6 is 0 Å². The first-order valence-electron chi connectivity index (χ1n) is 16.5. The van der Waals surface area contributed by atoms with E-state index in [4.69, 9.17) is 0 Å². The number of hydrogen-bond donors (Lipinski definition) is 0. The van der Waals surface area contributed by atoms with Gasteiger partial charge in [0.25, 0.3) is 0 Å². The van der Waals surface area contributed by atoms with E-state index in [2.05, 4.69) is 13.8 Å². The topological polar surface area (TPSA) is 34.1 Å². The second-order valence-electron chi connectivity index (χ2n) is 13.8. The van der Waals surface area contributed by atoms with Crippen LogP contribution in [0.5, 0.6) is 0 Å². The van der Waals surface area contributed by atoms with E-state index < -0.39 is 0 Å². The van der Waals surface area contributed by atoms with Crippen molar-refractivity contribution < 1.29 is 9.59 Å². The molecule has 4 aliphatic carbocycles. The van der Waals surface area contributed by atoms with Gasteiger partial charge in [-0.25, -0.2) is 0 Å². The minimum atomic E-state index is 0.505. The van der Waals surface area contributed by atoms with Gasteiger partial charge in [0.05, 0.1) is 0 Å². The Kier molecular flexibility index (Phi) is 13.0. The third-order valence-corrected chi connectivity index (χ3v) is 10.2. The monoisotopic (exact) mass is 500 g/mol. The van der Waals surface area contributed by atoms with Crippen LogP contribution in [0.3, 0.4) is 0 Å². The number of rotatable bonds is 22. The van der Waals surface area contributed by atoms with Crippen LogP contribution in [0.15, 0.2) is 0 Å². The van der Waals surface area contributed by atoms with Crippen LogP contribution in [0.25, 0.3) is 0 Å². The summed E-state index contributed by atoms with van der Waals surface area (Å²) in [6.45, 7) is 4.41. The average Bonchev–Trinajstić information content (AvgIpc) is 2.83. The molecule has 0 N–H and O–H groups in total. The Morgan fingerprint density at radius 1 is 0.528 bits per heavy atom. The molecule has 0 spiro atoms. The molecule has 4 fully saturated rings. The second-order valence-corrected chi connectivity index (χ2v) is 13.8. The average molecular weight is 501 g/mol. The molecule has 2 nitrogen and oxygen atoms in total. The number of carbonyl (C=O) groups is 2. The highest BCUT2D eigenvalue weighted by Gasteiger charge is 2.56. The van der Waals surface area contributed by atoms with Gasteiger partial charge in [-0.3, -0.25) is 9.59 Å². The Bertz CT molecular complexity index is 584. The fourth-order valence-corrected chi connectivity index (χ4v) is 8.98. The van der Waals surface area contributed by atoms with Crippen molar-refractivity contribution in [3.63, 3.8) is 0 Å². The van der Waals surface area contributed by atoms with Crippen molar-refractivity contribution in [2.75, 3.05) is 0 Å². The molecule has 4 aliphatic rings. The molecule has 2 heteroatoms. The van der Waals surface area contributed by atoms with E-state index in [1.807, 2.05) is 0 Å². The molecule has 0 heterocycles. The second kappa shape index (κ2) is 15.7. The molecule has 36 heavy (non-hydrogen) atoms.